The molecule has 0 unspecified atom stereocenters. The molecule has 0 aromatic carbocycles. The number of methoxy groups -OCH3 is 2. The van der Waals surface area contributed by atoms with Crippen LogP contribution in [-0.2, 0) is 14.0 Å². The normalized spacial score (nSPS) is 9.42. The number of carbonyl (C=O) groups is 2. The van der Waals surface area contributed by atoms with Crippen molar-refractivity contribution in [3.05, 3.63) is 75.0 Å². The first-order valence-corrected chi connectivity index (χ1v) is 12.2. The summed E-state index contributed by atoms with van der Waals surface area (Å²) >= 11 is 19.4. The summed E-state index contributed by atoms with van der Waals surface area (Å²) < 4.78 is 18.9. The minimum absolute atomic E-state index is 0.00986. The Labute approximate surface area is 196 Å². The monoisotopic (exact) mass is 526 g/mol. The van der Waals surface area contributed by atoms with Gasteiger partial charge >= 0.3 is 17.1 Å². The summed E-state index contributed by atoms with van der Waals surface area (Å²) in [5.74, 6) is -1.21. The van der Waals surface area contributed by atoms with E-state index in [1.165, 1.54) is 32.5 Å². The first-order valence-electron chi connectivity index (χ1n) is 7.36. The summed E-state index contributed by atoms with van der Waals surface area (Å²) in [5, 5.41) is 7.67. The van der Waals surface area contributed by atoms with Gasteiger partial charge in [0.15, 0.2) is 12.4 Å². The van der Waals surface area contributed by atoms with Crippen LogP contribution in [0, 0.1) is 18.4 Å². The van der Waals surface area contributed by atoms with E-state index in [9.17, 15) is 19.4 Å². The van der Waals surface area contributed by atoms with Gasteiger partial charge in [-0.1, -0.05) is 11.6 Å². The van der Waals surface area contributed by atoms with Crippen molar-refractivity contribution in [1.29, 1.82) is 0 Å². The predicted octanol–water partition coefficient (Wildman–Crippen LogP) is 5.54. The van der Waals surface area contributed by atoms with Crippen LogP contribution < -0.4 is 4.73 Å². The number of pyridine rings is 2. The zero-order valence-electron chi connectivity index (χ0n) is 15.6. The van der Waals surface area contributed by atoms with Gasteiger partial charge in [0, 0.05) is 12.3 Å². The van der Waals surface area contributed by atoms with Gasteiger partial charge in [-0.15, -0.1) is 0 Å². The zero-order valence-corrected chi connectivity index (χ0v) is 19.5. The van der Waals surface area contributed by atoms with E-state index in [4.69, 9.17) is 24.7 Å². The van der Waals surface area contributed by atoms with Crippen LogP contribution in [0.25, 0.3) is 9.69 Å². The Balaban J connectivity index is 0.000000479. The molecule has 0 atom stereocenters. The van der Waals surface area contributed by atoms with Crippen molar-refractivity contribution in [2.24, 2.45) is 0 Å². The highest BCUT2D eigenvalue weighted by molar-refractivity contribution is 8.24. The molecular weight excluding hydrogens is 517 g/mol. The standard InChI is InChI=1S/C8H5ClN2O2.C8H6N2O3.Cl3OP/c1-10-6-4-11-7(9)3-5(6)8(12)13-2;1-9-7-5-10(12)4-3-6(7)8(11)13-2;1-5(2,3)4/h3-4H,2H3;3-5H,2H3;. The molecule has 0 aliphatic heterocycles. The number of hydrogen-bond acceptors (Lipinski definition) is 7. The molecule has 0 N–H and O–H groups in total. The molecule has 2 aromatic rings. The van der Waals surface area contributed by atoms with Crippen LogP contribution in [0.15, 0.2) is 30.7 Å². The molecule has 0 spiro atoms. The second kappa shape index (κ2) is 13.7. The molecule has 0 saturated heterocycles. The Kier molecular flexibility index (Phi) is 12.5. The molecule has 0 fully saturated rings. The number of nitrogens with zero attached hydrogens (tertiary/aromatic N) is 4. The molecular formula is C16H11Cl4N4O6P. The van der Waals surface area contributed by atoms with Crippen LogP contribution in [0.3, 0.4) is 0 Å². The van der Waals surface area contributed by atoms with Crippen LogP contribution in [0.2, 0.25) is 5.15 Å². The maximum absolute atomic E-state index is 11.1. The van der Waals surface area contributed by atoms with E-state index < -0.39 is 17.1 Å². The van der Waals surface area contributed by atoms with Crippen molar-refractivity contribution >= 4 is 73.8 Å². The lowest BCUT2D eigenvalue weighted by molar-refractivity contribution is -0.604. The van der Waals surface area contributed by atoms with E-state index in [0.29, 0.717) is 4.73 Å². The molecule has 0 aliphatic carbocycles. The summed E-state index contributed by atoms with van der Waals surface area (Å²) in [6.07, 6.45) is 3.40. The van der Waals surface area contributed by atoms with Gasteiger partial charge in [-0.3, -0.25) is 9.55 Å². The minimum Gasteiger partial charge on any atom is -0.620 e. The van der Waals surface area contributed by atoms with Crippen LogP contribution in [0.5, 0.6) is 0 Å². The molecule has 2 rings (SSSR count). The Hall–Kier alpha value is -2.59. The van der Waals surface area contributed by atoms with E-state index in [0.717, 1.165) is 12.4 Å². The molecule has 15 heteroatoms. The second-order valence-corrected chi connectivity index (χ2v) is 11.8. The first-order chi connectivity index (χ1) is 14.4. The smallest absolute Gasteiger partial charge is 0.339 e. The number of ether oxygens (including phenoxy) is 2. The average molecular weight is 528 g/mol. The van der Waals surface area contributed by atoms with Crippen molar-refractivity contribution in [2.75, 3.05) is 14.2 Å². The van der Waals surface area contributed by atoms with Crippen LogP contribution >= 0.6 is 50.5 Å². The van der Waals surface area contributed by atoms with E-state index >= 15 is 0 Å². The summed E-state index contributed by atoms with van der Waals surface area (Å²) in [5.41, 5.74) is 0.364. The van der Waals surface area contributed by atoms with E-state index in [1.54, 1.807) is 0 Å². The Morgan fingerprint density at radius 1 is 1.10 bits per heavy atom. The summed E-state index contributed by atoms with van der Waals surface area (Å²) in [6.45, 7) is 13.5. The molecule has 0 amide bonds. The molecule has 10 nitrogen and oxygen atoms in total. The molecule has 31 heavy (non-hydrogen) atoms. The molecule has 0 radical (unpaired) electrons. The maximum Gasteiger partial charge on any atom is 0.339 e. The number of carbonyl (C=O) groups excluding carboxylic acids is 2. The quantitative estimate of drug-likeness (QED) is 0.125. The zero-order chi connectivity index (χ0) is 24.2. The Morgan fingerprint density at radius 2 is 1.58 bits per heavy atom. The number of halogens is 4. The molecule has 164 valence electrons. The number of hydrogen-bond donors (Lipinski definition) is 0. The van der Waals surface area contributed by atoms with Gasteiger partial charge in [-0.2, -0.15) is 4.73 Å². The second-order valence-electron chi connectivity index (χ2n) is 4.73. The SMILES string of the molecule is O=P(Cl)(Cl)Cl.[C-]#[N+]c1c[n+]([O-])ccc1C(=O)OC.[C-]#[N+]c1cnc(Cl)cc1C(=O)OC. The fourth-order valence-corrected chi connectivity index (χ4v) is 1.78. The molecule has 2 heterocycles. The van der Waals surface area contributed by atoms with Gasteiger partial charge in [0.05, 0.1) is 38.5 Å². The van der Waals surface area contributed by atoms with E-state index in [-0.39, 0.29) is 27.7 Å². The Bertz CT molecular complexity index is 1070. The summed E-state index contributed by atoms with van der Waals surface area (Å²) in [7, 11) is 2.46. The highest BCUT2D eigenvalue weighted by Gasteiger charge is 2.14. The Morgan fingerprint density at radius 3 is 2.03 bits per heavy atom. The molecule has 0 bridgehead atoms. The van der Waals surface area contributed by atoms with Crippen molar-refractivity contribution in [1.82, 2.24) is 4.98 Å². The maximum atomic E-state index is 11.1. The van der Waals surface area contributed by atoms with Gasteiger partial charge in [0.1, 0.15) is 5.15 Å². The van der Waals surface area contributed by atoms with Crippen LogP contribution in [0.1, 0.15) is 20.7 Å². The van der Waals surface area contributed by atoms with E-state index in [2.05, 4.69) is 57.9 Å². The molecule has 0 aliphatic rings. The van der Waals surface area contributed by atoms with Crippen LogP contribution in [-0.4, -0.2) is 31.1 Å². The van der Waals surface area contributed by atoms with Gasteiger partial charge in [-0.25, -0.2) is 19.3 Å². The molecule has 2 aromatic heterocycles. The van der Waals surface area contributed by atoms with Crippen molar-refractivity contribution in [3.8, 4) is 0 Å². The molecule has 0 saturated carbocycles. The third kappa shape index (κ3) is 11.4. The lowest BCUT2D eigenvalue weighted by Crippen LogP contribution is -2.24. The number of aromatic nitrogens is 2. The highest BCUT2D eigenvalue weighted by Crippen LogP contribution is 2.61. The fraction of sp³-hybridized carbons (Fsp3) is 0.125. The van der Waals surface area contributed by atoms with Crippen LogP contribution in [0.4, 0.5) is 11.4 Å². The summed E-state index contributed by atoms with van der Waals surface area (Å²) in [4.78, 5) is 31.9. The van der Waals surface area contributed by atoms with Crippen molar-refractivity contribution in [2.45, 2.75) is 0 Å². The lowest BCUT2D eigenvalue weighted by Gasteiger charge is -2.01. The number of esters is 2. The first kappa shape index (κ1) is 28.4. The number of rotatable bonds is 2. The third-order valence-electron chi connectivity index (χ3n) is 2.81. The van der Waals surface area contributed by atoms with Crippen molar-refractivity contribution < 1.29 is 28.4 Å². The van der Waals surface area contributed by atoms with Crippen molar-refractivity contribution in [3.63, 3.8) is 0 Å². The minimum atomic E-state index is -3.22. The van der Waals surface area contributed by atoms with Gasteiger partial charge in [0.25, 0.3) is 5.69 Å². The van der Waals surface area contributed by atoms with Gasteiger partial charge < -0.3 is 14.7 Å². The van der Waals surface area contributed by atoms with Gasteiger partial charge in [0.2, 0.25) is 5.69 Å². The highest BCUT2D eigenvalue weighted by atomic mass is 36.0. The van der Waals surface area contributed by atoms with E-state index in [1.807, 2.05) is 0 Å². The third-order valence-corrected chi connectivity index (χ3v) is 3.02. The topological polar surface area (TPSA) is 118 Å². The lowest BCUT2D eigenvalue weighted by atomic mass is 10.2. The largest absolute Gasteiger partial charge is 0.620 e. The predicted molar refractivity (Wildman–Crippen MR) is 115 cm³/mol. The average Bonchev–Trinajstić information content (AvgIpc) is 2.71. The summed E-state index contributed by atoms with van der Waals surface area (Å²) in [6, 6.07) is 2.56. The fourth-order valence-electron chi connectivity index (χ4n) is 1.62. The van der Waals surface area contributed by atoms with Gasteiger partial charge in [-0.05, 0) is 39.8 Å².